The van der Waals surface area contributed by atoms with Crippen molar-refractivity contribution in [3.63, 3.8) is 0 Å². The number of aromatic nitrogens is 3. The molecule has 0 bridgehead atoms. The fraction of sp³-hybridized carbons (Fsp3) is 0.208. The molecule has 5 nitrogen and oxygen atoms in total. The number of carbonyl (C=O) groups is 1. The van der Waals surface area contributed by atoms with E-state index in [1.165, 1.54) is 17.8 Å². The number of rotatable bonds is 5. The summed E-state index contributed by atoms with van der Waals surface area (Å²) >= 11 is 0. The predicted molar refractivity (Wildman–Crippen MR) is 114 cm³/mol. The van der Waals surface area contributed by atoms with Crippen LogP contribution >= 0.6 is 0 Å². The second-order valence-corrected chi connectivity index (χ2v) is 7.49. The molecule has 152 valence electrons. The first kappa shape index (κ1) is 19.8. The largest absolute Gasteiger partial charge is 0.348 e. The lowest BCUT2D eigenvalue weighted by Crippen LogP contribution is -2.23. The van der Waals surface area contributed by atoms with Crippen molar-refractivity contribution in [3.8, 4) is 0 Å². The minimum absolute atomic E-state index is 0.223. The smallest absolute Gasteiger partial charge is 0.257 e. The molecule has 2 aromatic heterocycles. The van der Waals surface area contributed by atoms with Crippen LogP contribution < -0.4 is 5.32 Å². The topological polar surface area (TPSA) is 59.3 Å². The molecule has 0 atom stereocenters. The quantitative estimate of drug-likeness (QED) is 0.541. The van der Waals surface area contributed by atoms with Gasteiger partial charge >= 0.3 is 0 Å². The highest BCUT2D eigenvalue weighted by Crippen LogP contribution is 2.21. The van der Waals surface area contributed by atoms with E-state index < -0.39 is 0 Å². The summed E-state index contributed by atoms with van der Waals surface area (Å²) in [5.74, 6) is -0.466. The van der Waals surface area contributed by atoms with Gasteiger partial charge in [-0.15, -0.1) is 0 Å². The lowest BCUT2D eigenvalue weighted by Gasteiger charge is -2.12. The zero-order valence-corrected chi connectivity index (χ0v) is 17.2. The van der Waals surface area contributed by atoms with Crippen LogP contribution in [0.2, 0.25) is 0 Å². The molecule has 30 heavy (non-hydrogen) atoms. The van der Waals surface area contributed by atoms with Crippen molar-refractivity contribution in [1.82, 2.24) is 19.9 Å². The Bertz CT molecular complexity index is 1230. The van der Waals surface area contributed by atoms with Crippen molar-refractivity contribution >= 4 is 11.6 Å². The normalized spacial score (nSPS) is 11.1. The lowest BCUT2D eigenvalue weighted by molar-refractivity contribution is 0.0952. The Morgan fingerprint density at radius 2 is 1.80 bits per heavy atom. The van der Waals surface area contributed by atoms with Gasteiger partial charge in [-0.05, 0) is 43.5 Å². The Balaban J connectivity index is 1.61. The highest BCUT2D eigenvalue weighted by Gasteiger charge is 2.19. The van der Waals surface area contributed by atoms with Gasteiger partial charge in [-0.1, -0.05) is 48.0 Å². The molecule has 0 unspecified atom stereocenters. The second-order valence-electron chi connectivity index (χ2n) is 7.49. The number of fused-ring (bicyclic) bond motifs is 1. The van der Waals surface area contributed by atoms with Gasteiger partial charge in [0.2, 0.25) is 0 Å². The van der Waals surface area contributed by atoms with E-state index in [-0.39, 0.29) is 11.7 Å². The maximum atomic E-state index is 14.1. The third-order valence-electron chi connectivity index (χ3n) is 5.35. The van der Waals surface area contributed by atoms with E-state index >= 15 is 0 Å². The zero-order chi connectivity index (χ0) is 21.3. The number of halogens is 1. The number of nitrogens with zero attached hydrogens (tertiary/aromatic N) is 3. The molecule has 0 aliphatic rings. The monoisotopic (exact) mass is 402 g/mol. The third-order valence-corrected chi connectivity index (χ3v) is 5.35. The summed E-state index contributed by atoms with van der Waals surface area (Å²) in [6.45, 7) is 6.25. The average Bonchev–Trinajstić information content (AvgIpc) is 3.15. The Labute approximate surface area is 174 Å². The summed E-state index contributed by atoms with van der Waals surface area (Å²) in [7, 11) is 0. The Morgan fingerprint density at radius 1 is 1.07 bits per heavy atom. The van der Waals surface area contributed by atoms with Crippen LogP contribution in [0.3, 0.4) is 0 Å². The number of aryl methyl sites for hydroxylation is 3. The number of amides is 1. The Kier molecular flexibility index (Phi) is 5.31. The molecule has 6 heteroatoms. The molecule has 4 rings (SSSR count). The van der Waals surface area contributed by atoms with E-state index in [1.807, 2.05) is 51.1 Å². The summed E-state index contributed by atoms with van der Waals surface area (Å²) in [4.78, 5) is 17.4. The van der Waals surface area contributed by atoms with Gasteiger partial charge in [0, 0.05) is 24.4 Å². The molecule has 0 fully saturated rings. The van der Waals surface area contributed by atoms with E-state index in [9.17, 15) is 9.18 Å². The molecule has 0 saturated carbocycles. The van der Waals surface area contributed by atoms with Crippen molar-refractivity contribution in [2.45, 2.75) is 33.7 Å². The summed E-state index contributed by atoms with van der Waals surface area (Å²) in [6.07, 6.45) is 1.95. The highest BCUT2D eigenvalue weighted by molar-refractivity contribution is 5.99. The Morgan fingerprint density at radius 3 is 2.53 bits per heavy atom. The van der Waals surface area contributed by atoms with Crippen LogP contribution in [0, 0.1) is 26.6 Å². The summed E-state index contributed by atoms with van der Waals surface area (Å²) in [5, 5.41) is 7.30. The van der Waals surface area contributed by atoms with Crippen molar-refractivity contribution in [1.29, 1.82) is 0 Å². The van der Waals surface area contributed by atoms with Crippen molar-refractivity contribution in [2.75, 3.05) is 0 Å². The molecule has 2 heterocycles. The summed E-state index contributed by atoms with van der Waals surface area (Å²) in [6, 6.07) is 14.7. The highest BCUT2D eigenvalue weighted by atomic mass is 19.1. The zero-order valence-electron chi connectivity index (χ0n) is 17.2. The van der Waals surface area contributed by atoms with Crippen LogP contribution in [0.1, 0.15) is 44.0 Å². The van der Waals surface area contributed by atoms with E-state index in [0.717, 1.165) is 22.5 Å². The van der Waals surface area contributed by atoms with Crippen molar-refractivity contribution in [2.24, 2.45) is 0 Å². The molecule has 0 radical (unpaired) electrons. The standard InChI is InChI=1S/C24H23FN4O/c1-15-8-10-18(11-9-15)13-26-24(30)21-14-27-29-17(3)20(16(2)28-23(21)29)12-19-6-4-5-7-22(19)25/h4-11,14H,12-13H2,1-3H3,(H,26,30). The van der Waals surface area contributed by atoms with Crippen LogP contribution in [0.15, 0.2) is 54.7 Å². The van der Waals surface area contributed by atoms with E-state index in [4.69, 9.17) is 0 Å². The van der Waals surface area contributed by atoms with Crippen LogP contribution in [0.25, 0.3) is 5.65 Å². The number of benzene rings is 2. The first-order valence-electron chi connectivity index (χ1n) is 9.85. The molecule has 0 aliphatic carbocycles. The van der Waals surface area contributed by atoms with Crippen molar-refractivity contribution in [3.05, 3.63) is 99.8 Å². The molecule has 0 spiro atoms. The molecule has 2 aromatic carbocycles. The lowest BCUT2D eigenvalue weighted by atomic mass is 10.0. The van der Waals surface area contributed by atoms with Gasteiger partial charge in [-0.3, -0.25) is 4.79 Å². The molecular formula is C24H23FN4O. The molecule has 0 aliphatic heterocycles. The third kappa shape index (κ3) is 3.81. The van der Waals surface area contributed by atoms with Gasteiger partial charge in [-0.2, -0.15) is 5.10 Å². The number of hydrogen-bond donors (Lipinski definition) is 1. The van der Waals surface area contributed by atoms with Gasteiger partial charge in [0.15, 0.2) is 5.65 Å². The van der Waals surface area contributed by atoms with E-state index in [2.05, 4.69) is 15.4 Å². The average molecular weight is 402 g/mol. The SMILES string of the molecule is Cc1ccc(CNC(=O)c2cnn3c(C)c(Cc4ccccc4F)c(C)nc23)cc1. The number of carbonyl (C=O) groups excluding carboxylic acids is 1. The van der Waals surface area contributed by atoms with Gasteiger partial charge in [-0.25, -0.2) is 13.9 Å². The van der Waals surface area contributed by atoms with Crippen LogP contribution in [0.5, 0.6) is 0 Å². The van der Waals surface area contributed by atoms with Gasteiger partial charge in [0.1, 0.15) is 11.4 Å². The van der Waals surface area contributed by atoms with Crippen LogP contribution in [0.4, 0.5) is 4.39 Å². The second kappa shape index (κ2) is 8.06. The first-order valence-corrected chi connectivity index (χ1v) is 9.85. The minimum atomic E-state index is -0.243. The van der Waals surface area contributed by atoms with Crippen molar-refractivity contribution < 1.29 is 9.18 Å². The molecule has 4 aromatic rings. The minimum Gasteiger partial charge on any atom is -0.348 e. The molecule has 0 saturated heterocycles. The molecule has 1 N–H and O–H groups in total. The maximum Gasteiger partial charge on any atom is 0.257 e. The van der Waals surface area contributed by atoms with Crippen LogP contribution in [-0.4, -0.2) is 20.5 Å². The fourth-order valence-corrected chi connectivity index (χ4v) is 3.54. The summed E-state index contributed by atoms with van der Waals surface area (Å²) < 4.78 is 15.8. The molecule has 1 amide bonds. The fourth-order valence-electron chi connectivity index (χ4n) is 3.54. The maximum absolute atomic E-state index is 14.1. The predicted octanol–water partition coefficient (Wildman–Crippen LogP) is 4.31. The van der Waals surface area contributed by atoms with E-state index in [1.54, 1.807) is 16.6 Å². The number of hydrogen-bond acceptors (Lipinski definition) is 3. The summed E-state index contributed by atoms with van der Waals surface area (Å²) in [5.41, 5.74) is 6.24. The molecular weight excluding hydrogens is 379 g/mol. The Hall–Kier alpha value is -3.54. The van der Waals surface area contributed by atoms with Crippen LogP contribution in [-0.2, 0) is 13.0 Å². The van der Waals surface area contributed by atoms with Gasteiger partial charge < -0.3 is 5.32 Å². The van der Waals surface area contributed by atoms with E-state index in [0.29, 0.717) is 29.7 Å². The van der Waals surface area contributed by atoms with Gasteiger partial charge in [0.05, 0.1) is 6.20 Å². The first-order chi connectivity index (χ1) is 14.4. The number of nitrogens with one attached hydrogen (secondary N) is 1. The van der Waals surface area contributed by atoms with Gasteiger partial charge in [0.25, 0.3) is 5.91 Å².